The summed E-state index contributed by atoms with van der Waals surface area (Å²) in [7, 11) is 1.68. The SMILES string of the molecule is CN1CCC(O)(c2cn[nH]c2)C1=O. The van der Waals surface area contributed by atoms with E-state index in [4.69, 9.17) is 0 Å². The Morgan fingerprint density at radius 1 is 1.77 bits per heavy atom. The van der Waals surface area contributed by atoms with Gasteiger partial charge in [0.2, 0.25) is 0 Å². The average molecular weight is 181 g/mol. The van der Waals surface area contributed by atoms with Gasteiger partial charge in [0.15, 0.2) is 5.60 Å². The summed E-state index contributed by atoms with van der Waals surface area (Å²) in [6, 6.07) is 0. The van der Waals surface area contributed by atoms with Crippen molar-refractivity contribution in [1.29, 1.82) is 0 Å². The van der Waals surface area contributed by atoms with Crippen LogP contribution >= 0.6 is 0 Å². The molecule has 1 aromatic rings. The first kappa shape index (κ1) is 8.25. The first-order chi connectivity index (χ1) is 6.14. The number of hydrogen-bond donors (Lipinski definition) is 2. The van der Waals surface area contributed by atoms with Gasteiger partial charge in [-0.15, -0.1) is 0 Å². The van der Waals surface area contributed by atoms with Crippen LogP contribution in [0.4, 0.5) is 0 Å². The van der Waals surface area contributed by atoms with Gasteiger partial charge < -0.3 is 10.0 Å². The van der Waals surface area contributed by atoms with E-state index in [0.717, 1.165) is 0 Å². The molecule has 1 atom stereocenters. The smallest absolute Gasteiger partial charge is 0.259 e. The number of aromatic nitrogens is 2. The molecule has 0 saturated carbocycles. The number of nitrogens with zero attached hydrogens (tertiary/aromatic N) is 2. The molecule has 0 aliphatic carbocycles. The zero-order chi connectivity index (χ0) is 9.47. The van der Waals surface area contributed by atoms with Crippen LogP contribution in [0.1, 0.15) is 12.0 Å². The Morgan fingerprint density at radius 3 is 3.00 bits per heavy atom. The van der Waals surface area contributed by atoms with Crippen molar-refractivity contribution in [1.82, 2.24) is 15.1 Å². The monoisotopic (exact) mass is 181 g/mol. The molecule has 0 aromatic carbocycles. The molecule has 1 amide bonds. The Morgan fingerprint density at radius 2 is 2.54 bits per heavy atom. The molecule has 5 heteroatoms. The fourth-order valence-corrected chi connectivity index (χ4v) is 1.60. The summed E-state index contributed by atoms with van der Waals surface area (Å²) in [4.78, 5) is 13.1. The Kier molecular flexibility index (Phi) is 1.63. The molecular weight excluding hydrogens is 170 g/mol. The number of hydrogen-bond acceptors (Lipinski definition) is 3. The van der Waals surface area contributed by atoms with E-state index < -0.39 is 5.60 Å². The summed E-state index contributed by atoms with van der Waals surface area (Å²) in [5.74, 6) is -0.256. The van der Waals surface area contributed by atoms with Crippen LogP contribution < -0.4 is 0 Å². The number of carbonyl (C=O) groups excluding carboxylic acids is 1. The highest BCUT2D eigenvalue weighted by Gasteiger charge is 2.45. The van der Waals surface area contributed by atoms with E-state index in [9.17, 15) is 9.90 Å². The minimum absolute atomic E-state index is 0.256. The first-order valence-electron chi connectivity index (χ1n) is 4.12. The molecule has 70 valence electrons. The molecule has 0 spiro atoms. The van der Waals surface area contributed by atoms with E-state index in [1.807, 2.05) is 0 Å². The van der Waals surface area contributed by atoms with Crippen molar-refractivity contribution in [3.63, 3.8) is 0 Å². The van der Waals surface area contributed by atoms with Crippen molar-refractivity contribution in [2.24, 2.45) is 0 Å². The Hall–Kier alpha value is -1.36. The molecule has 1 saturated heterocycles. The third-order valence-electron chi connectivity index (χ3n) is 2.49. The highest BCUT2D eigenvalue weighted by molar-refractivity contribution is 5.88. The van der Waals surface area contributed by atoms with Gasteiger partial charge in [-0.1, -0.05) is 0 Å². The van der Waals surface area contributed by atoms with Crippen LogP contribution in [0, 0.1) is 0 Å². The largest absolute Gasteiger partial charge is 0.375 e. The summed E-state index contributed by atoms with van der Waals surface area (Å²) < 4.78 is 0. The van der Waals surface area contributed by atoms with Gasteiger partial charge in [-0.05, 0) is 0 Å². The van der Waals surface area contributed by atoms with E-state index >= 15 is 0 Å². The van der Waals surface area contributed by atoms with Gasteiger partial charge >= 0.3 is 0 Å². The minimum atomic E-state index is -1.36. The Balaban J connectivity index is 2.37. The van der Waals surface area contributed by atoms with Gasteiger partial charge in [-0.25, -0.2) is 0 Å². The van der Waals surface area contributed by atoms with Gasteiger partial charge in [0.1, 0.15) is 0 Å². The number of nitrogens with one attached hydrogen (secondary N) is 1. The molecule has 0 bridgehead atoms. The lowest BCUT2D eigenvalue weighted by Gasteiger charge is -2.18. The average Bonchev–Trinajstić information content (AvgIpc) is 2.71. The summed E-state index contributed by atoms with van der Waals surface area (Å²) in [6.45, 7) is 0.584. The van der Waals surface area contributed by atoms with E-state index in [1.165, 1.54) is 11.1 Å². The van der Waals surface area contributed by atoms with E-state index in [1.54, 1.807) is 13.2 Å². The van der Waals surface area contributed by atoms with Crippen LogP contribution in [-0.2, 0) is 10.4 Å². The van der Waals surface area contributed by atoms with Crippen molar-refractivity contribution in [3.05, 3.63) is 18.0 Å². The molecule has 0 radical (unpaired) electrons. The van der Waals surface area contributed by atoms with Gasteiger partial charge in [0, 0.05) is 31.8 Å². The third kappa shape index (κ3) is 1.04. The number of amides is 1. The molecule has 1 aromatic heterocycles. The van der Waals surface area contributed by atoms with Crippen LogP contribution in [0.15, 0.2) is 12.4 Å². The maximum absolute atomic E-state index is 11.6. The Bertz CT molecular complexity index is 322. The molecule has 1 aliphatic heterocycles. The normalized spacial score (nSPS) is 28.5. The van der Waals surface area contributed by atoms with Crippen molar-refractivity contribution in [3.8, 4) is 0 Å². The lowest BCUT2D eigenvalue weighted by molar-refractivity contribution is -0.143. The lowest BCUT2D eigenvalue weighted by Crippen LogP contribution is -2.35. The second kappa shape index (κ2) is 2.56. The molecule has 2 heterocycles. The molecule has 2 N–H and O–H groups in total. The molecule has 5 nitrogen and oxygen atoms in total. The molecular formula is C8H11N3O2. The zero-order valence-corrected chi connectivity index (χ0v) is 7.32. The number of likely N-dealkylation sites (tertiary alicyclic amines) is 1. The number of H-pyrrole nitrogens is 1. The quantitative estimate of drug-likeness (QED) is 0.611. The van der Waals surface area contributed by atoms with E-state index in [0.29, 0.717) is 18.5 Å². The van der Waals surface area contributed by atoms with Crippen molar-refractivity contribution >= 4 is 5.91 Å². The summed E-state index contributed by atoms with van der Waals surface area (Å²) in [6.07, 6.45) is 3.47. The van der Waals surface area contributed by atoms with Gasteiger partial charge in [-0.2, -0.15) is 5.10 Å². The zero-order valence-electron chi connectivity index (χ0n) is 7.32. The summed E-state index contributed by atoms with van der Waals surface area (Å²) >= 11 is 0. The number of carbonyl (C=O) groups is 1. The predicted octanol–water partition coefficient (Wildman–Crippen LogP) is -0.541. The Labute approximate surface area is 75.4 Å². The van der Waals surface area contributed by atoms with Crippen molar-refractivity contribution < 1.29 is 9.90 Å². The van der Waals surface area contributed by atoms with Crippen LogP contribution in [-0.4, -0.2) is 39.7 Å². The predicted molar refractivity (Wildman–Crippen MR) is 44.7 cm³/mol. The van der Waals surface area contributed by atoms with Crippen LogP contribution in [0.3, 0.4) is 0 Å². The molecule has 1 fully saturated rings. The topological polar surface area (TPSA) is 69.2 Å². The van der Waals surface area contributed by atoms with Crippen LogP contribution in [0.2, 0.25) is 0 Å². The maximum Gasteiger partial charge on any atom is 0.259 e. The minimum Gasteiger partial charge on any atom is -0.375 e. The van der Waals surface area contributed by atoms with Gasteiger partial charge in [0.05, 0.1) is 6.20 Å². The van der Waals surface area contributed by atoms with Crippen molar-refractivity contribution in [2.75, 3.05) is 13.6 Å². The molecule has 1 aliphatic rings. The number of rotatable bonds is 1. The number of likely N-dealkylation sites (N-methyl/N-ethyl adjacent to an activating group) is 1. The third-order valence-corrected chi connectivity index (χ3v) is 2.49. The second-order valence-corrected chi connectivity index (χ2v) is 3.32. The van der Waals surface area contributed by atoms with Gasteiger partial charge in [0.25, 0.3) is 5.91 Å². The molecule has 1 unspecified atom stereocenters. The number of aliphatic hydroxyl groups is 1. The highest BCUT2D eigenvalue weighted by Crippen LogP contribution is 2.31. The lowest BCUT2D eigenvalue weighted by atomic mass is 9.95. The second-order valence-electron chi connectivity index (χ2n) is 3.32. The molecule has 2 rings (SSSR count). The maximum atomic E-state index is 11.6. The van der Waals surface area contributed by atoms with Crippen molar-refractivity contribution in [2.45, 2.75) is 12.0 Å². The van der Waals surface area contributed by atoms with Crippen LogP contribution in [0.25, 0.3) is 0 Å². The van der Waals surface area contributed by atoms with Gasteiger partial charge in [-0.3, -0.25) is 9.89 Å². The number of aromatic amines is 1. The first-order valence-corrected chi connectivity index (χ1v) is 4.12. The van der Waals surface area contributed by atoms with Crippen LogP contribution in [0.5, 0.6) is 0 Å². The fourth-order valence-electron chi connectivity index (χ4n) is 1.60. The standard InChI is InChI=1S/C8H11N3O2/c1-11-3-2-8(13,7(11)12)6-4-9-10-5-6/h4-5,13H,2-3H2,1H3,(H,9,10). The fraction of sp³-hybridized carbons (Fsp3) is 0.500. The van der Waals surface area contributed by atoms with E-state index in [2.05, 4.69) is 10.2 Å². The summed E-state index contributed by atoms with van der Waals surface area (Å²) in [5.41, 5.74) is -0.816. The molecule has 13 heavy (non-hydrogen) atoms. The highest BCUT2D eigenvalue weighted by atomic mass is 16.3. The summed E-state index contributed by atoms with van der Waals surface area (Å²) in [5, 5.41) is 16.3. The van der Waals surface area contributed by atoms with E-state index in [-0.39, 0.29) is 5.91 Å².